The number of likely N-dealkylation sites (tertiary alicyclic amines) is 1. The Bertz CT molecular complexity index is 1050. The van der Waals surface area contributed by atoms with Crippen LogP contribution in [0.15, 0.2) is 53.1 Å². The molecule has 34 heavy (non-hydrogen) atoms. The molecular formula is C25H29ClN4O3S. The van der Waals surface area contributed by atoms with Crippen LogP contribution in [-0.2, 0) is 17.1 Å². The van der Waals surface area contributed by atoms with Gasteiger partial charge in [-0.05, 0) is 67.9 Å². The van der Waals surface area contributed by atoms with Crippen LogP contribution in [-0.4, -0.2) is 53.4 Å². The molecule has 1 saturated heterocycles. The lowest BCUT2D eigenvalue weighted by molar-refractivity contribution is -0.126. The number of benzene rings is 2. The first kappa shape index (κ1) is 24.6. The summed E-state index contributed by atoms with van der Waals surface area (Å²) in [6.45, 7) is 2.96. The van der Waals surface area contributed by atoms with E-state index < -0.39 is 0 Å². The summed E-state index contributed by atoms with van der Waals surface area (Å²) in [7, 11) is 1.64. The van der Waals surface area contributed by atoms with Crippen molar-refractivity contribution in [2.45, 2.75) is 25.1 Å². The van der Waals surface area contributed by atoms with Gasteiger partial charge in [-0.2, -0.15) is 16.7 Å². The topological polar surface area (TPSA) is 80.5 Å². The average molecular weight is 501 g/mol. The smallest absolute Gasteiger partial charge is 0.241 e. The van der Waals surface area contributed by atoms with Gasteiger partial charge in [-0.15, -0.1) is 0 Å². The van der Waals surface area contributed by atoms with Gasteiger partial charge in [-0.3, -0.25) is 9.69 Å². The number of carbonyl (C=O) groups excluding carboxylic acids is 1. The number of aromatic nitrogens is 2. The molecule has 0 radical (unpaired) electrons. The maximum atomic E-state index is 12.5. The zero-order chi connectivity index (χ0) is 23.8. The number of amides is 1. The van der Waals surface area contributed by atoms with Gasteiger partial charge in [0.1, 0.15) is 5.75 Å². The molecule has 3 aromatic rings. The summed E-state index contributed by atoms with van der Waals surface area (Å²) >= 11 is 7.72. The summed E-state index contributed by atoms with van der Waals surface area (Å²) in [5.74, 6) is 3.98. The van der Waals surface area contributed by atoms with Crippen LogP contribution >= 0.6 is 23.4 Å². The normalized spacial score (nSPS) is 14.8. The highest BCUT2D eigenvalue weighted by Crippen LogP contribution is 2.22. The molecule has 0 bridgehead atoms. The van der Waals surface area contributed by atoms with Crippen molar-refractivity contribution in [3.63, 3.8) is 0 Å². The van der Waals surface area contributed by atoms with E-state index in [0.29, 0.717) is 24.8 Å². The number of carbonyl (C=O) groups is 1. The van der Waals surface area contributed by atoms with Crippen molar-refractivity contribution < 1.29 is 14.1 Å². The predicted molar refractivity (Wildman–Crippen MR) is 135 cm³/mol. The van der Waals surface area contributed by atoms with Crippen LogP contribution in [0.2, 0.25) is 5.02 Å². The quantitative estimate of drug-likeness (QED) is 0.405. The maximum absolute atomic E-state index is 12.5. The first-order valence-electron chi connectivity index (χ1n) is 11.4. The van der Waals surface area contributed by atoms with Crippen LogP contribution in [0.3, 0.4) is 0 Å². The molecule has 0 aliphatic carbocycles. The largest absolute Gasteiger partial charge is 0.497 e. The molecule has 9 heteroatoms. The van der Waals surface area contributed by atoms with E-state index in [0.717, 1.165) is 53.8 Å². The van der Waals surface area contributed by atoms with Crippen molar-refractivity contribution in [2.24, 2.45) is 5.92 Å². The van der Waals surface area contributed by atoms with Crippen molar-refractivity contribution in [3.8, 4) is 17.1 Å². The molecule has 0 spiro atoms. The molecule has 2 aromatic carbocycles. The molecule has 1 aliphatic rings. The van der Waals surface area contributed by atoms with E-state index in [1.165, 1.54) is 5.56 Å². The van der Waals surface area contributed by atoms with Crippen LogP contribution in [0.4, 0.5) is 0 Å². The second kappa shape index (κ2) is 12.2. The molecule has 1 aromatic heterocycles. The van der Waals surface area contributed by atoms with Crippen molar-refractivity contribution in [2.75, 3.05) is 32.5 Å². The van der Waals surface area contributed by atoms with E-state index >= 15 is 0 Å². The second-order valence-corrected chi connectivity index (χ2v) is 9.80. The Hall–Kier alpha value is -2.55. The van der Waals surface area contributed by atoms with Crippen LogP contribution in [0.25, 0.3) is 11.4 Å². The standard InChI is InChI=1S/C25H29ClN4O3S/c1-32-22-8-4-19(5-9-22)24-28-23(33-29-24)16-30-13-10-20(11-14-30)25(31)27-12-15-34-17-18-2-6-21(26)7-3-18/h2-9,20H,10-17H2,1H3,(H,27,31). The summed E-state index contributed by atoms with van der Waals surface area (Å²) in [4.78, 5) is 19.3. The Morgan fingerprint density at radius 1 is 1.18 bits per heavy atom. The molecule has 180 valence electrons. The Labute approximate surface area is 209 Å². The molecule has 7 nitrogen and oxygen atoms in total. The minimum Gasteiger partial charge on any atom is -0.497 e. The molecule has 1 fully saturated rings. The molecule has 0 saturated carbocycles. The van der Waals surface area contributed by atoms with Gasteiger partial charge in [0.15, 0.2) is 0 Å². The van der Waals surface area contributed by atoms with E-state index in [1.54, 1.807) is 7.11 Å². The summed E-state index contributed by atoms with van der Waals surface area (Å²) in [5, 5.41) is 7.94. The molecule has 1 aliphatic heterocycles. The van der Waals surface area contributed by atoms with Gasteiger partial charge < -0.3 is 14.6 Å². The molecule has 2 heterocycles. The zero-order valence-corrected chi connectivity index (χ0v) is 20.8. The minimum absolute atomic E-state index is 0.0649. The highest BCUT2D eigenvalue weighted by molar-refractivity contribution is 7.98. The SMILES string of the molecule is COc1ccc(-c2noc(CN3CCC(C(=O)NCCSCc4ccc(Cl)cc4)CC3)n2)cc1. The number of methoxy groups -OCH3 is 1. The lowest BCUT2D eigenvalue weighted by Crippen LogP contribution is -2.40. The van der Waals surface area contributed by atoms with Crippen LogP contribution in [0.5, 0.6) is 5.75 Å². The summed E-state index contributed by atoms with van der Waals surface area (Å²) in [5.41, 5.74) is 2.13. The number of nitrogens with zero attached hydrogens (tertiary/aromatic N) is 3. The first-order chi connectivity index (χ1) is 16.6. The number of nitrogens with one attached hydrogen (secondary N) is 1. The Morgan fingerprint density at radius 2 is 1.91 bits per heavy atom. The van der Waals surface area contributed by atoms with Crippen molar-refractivity contribution >= 4 is 29.3 Å². The van der Waals surface area contributed by atoms with Gasteiger partial charge in [-0.25, -0.2) is 0 Å². The summed E-state index contributed by atoms with van der Waals surface area (Å²) in [6, 6.07) is 15.5. The fourth-order valence-electron chi connectivity index (χ4n) is 3.88. The zero-order valence-electron chi connectivity index (χ0n) is 19.2. The Morgan fingerprint density at radius 3 is 2.62 bits per heavy atom. The third-order valence-corrected chi connectivity index (χ3v) is 7.14. The number of hydrogen-bond acceptors (Lipinski definition) is 7. The lowest BCUT2D eigenvalue weighted by atomic mass is 9.96. The van der Waals surface area contributed by atoms with Gasteiger partial charge in [0.25, 0.3) is 0 Å². The monoisotopic (exact) mass is 500 g/mol. The van der Waals surface area contributed by atoms with Gasteiger partial charge in [0, 0.05) is 34.6 Å². The maximum Gasteiger partial charge on any atom is 0.241 e. The second-order valence-electron chi connectivity index (χ2n) is 8.26. The van der Waals surface area contributed by atoms with E-state index in [2.05, 4.69) is 20.4 Å². The van der Waals surface area contributed by atoms with E-state index in [4.69, 9.17) is 20.9 Å². The van der Waals surface area contributed by atoms with Gasteiger partial charge >= 0.3 is 0 Å². The molecule has 1 amide bonds. The Balaban J connectivity index is 1.14. The van der Waals surface area contributed by atoms with Gasteiger partial charge in [0.05, 0.1) is 13.7 Å². The third kappa shape index (κ3) is 6.98. The van der Waals surface area contributed by atoms with Crippen molar-refractivity contribution in [3.05, 3.63) is 65.0 Å². The van der Waals surface area contributed by atoms with E-state index in [-0.39, 0.29) is 11.8 Å². The third-order valence-electron chi connectivity index (χ3n) is 5.86. The highest BCUT2D eigenvalue weighted by Gasteiger charge is 2.25. The molecule has 0 atom stereocenters. The predicted octanol–water partition coefficient (Wildman–Crippen LogP) is 4.66. The van der Waals surface area contributed by atoms with Crippen LogP contribution in [0, 0.1) is 5.92 Å². The van der Waals surface area contributed by atoms with Gasteiger partial charge in [0.2, 0.25) is 17.6 Å². The minimum atomic E-state index is 0.0649. The lowest BCUT2D eigenvalue weighted by Gasteiger charge is -2.30. The molecule has 0 unspecified atom stereocenters. The number of halogens is 1. The Kier molecular flexibility index (Phi) is 8.85. The number of rotatable bonds is 10. The molecule has 1 N–H and O–H groups in total. The molecular weight excluding hydrogens is 472 g/mol. The van der Waals surface area contributed by atoms with Crippen LogP contribution in [0.1, 0.15) is 24.3 Å². The molecule has 4 rings (SSSR count). The van der Waals surface area contributed by atoms with Crippen molar-refractivity contribution in [1.29, 1.82) is 0 Å². The summed E-state index contributed by atoms with van der Waals surface area (Å²) in [6.07, 6.45) is 1.67. The van der Waals surface area contributed by atoms with Crippen molar-refractivity contribution in [1.82, 2.24) is 20.4 Å². The first-order valence-corrected chi connectivity index (χ1v) is 12.9. The van der Waals surface area contributed by atoms with Crippen LogP contribution < -0.4 is 10.1 Å². The number of ether oxygens (including phenoxy) is 1. The van der Waals surface area contributed by atoms with Gasteiger partial charge in [-0.1, -0.05) is 28.9 Å². The summed E-state index contributed by atoms with van der Waals surface area (Å²) < 4.78 is 10.6. The number of thioether (sulfide) groups is 1. The number of piperidine rings is 1. The number of hydrogen-bond donors (Lipinski definition) is 1. The van der Waals surface area contributed by atoms with E-state index in [1.807, 2.05) is 60.3 Å². The highest BCUT2D eigenvalue weighted by atomic mass is 35.5. The average Bonchev–Trinajstić information content (AvgIpc) is 3.34. The fourth-order valence-corrected chi connectivity index (χ4v) is 4.83. The van der Waals surface area contributed by atoms with E-state index in [9.17, 15) is 4.79 Å². The fraction of sp³-hybridized carbons (Fsp3) is 0.400.